The van der Waals surface area contributed by atoms with Crippen molar-refractivity contribution in [1.82, 2.24) is 0 Å². The van der Waals surface area contributed by atoms with Gasteiger partial charge in [0.1, 0.15) is 0 Å². The van der Waals surface area contributed by atoms with Crippen LogP contribution in [0.4, 0.5) is 0 Å². The van der Waals surface area contributed by atoms with Gasteiger partial charge < -0.3 is 0 Å². The molecule has 11 heavy (non-hydrogen) atoms. The highest BCUT2D eigenvalue weighted by atomic mass is 32.2. The minimum Gasteiger partial charge on any atom is -0.130 e. The number of rotatable bonds is 0. The summed E-state index contributed by atoms with van der Waals surface area (Å²) in [5, 5.41) is 0. The molecule has 1 aliphatic carbocycles. The molecule has 0 bridgehead atoms. The highest BCUT2D eigenvalue weighted by Crippen LogP contribution is 2.33. The van der Waals surface area contributed by atoms with Crippen LogP contribution in [0, 0.1) is 0 Å². The predicted octanol–water partition coefficient (Wildman–Crippen LogP) is 3.28. The molecule has 0 nitrogen and oxygen atoms in total. The largest absolute Gasteiger partial charge is 0.130 e. The van der Waals surface area contributed by atoms with E-state index in [1.807, 2.05) is 11.8 Å². The molecule has 0 atom stereocenters. The van der Waals surface area contributed by atoms with Gasteiger partial charge in [-0.25, -0.2) is 0 Å². The summed E-state index contributed by atoms with van der Waals surface area (Å²) in [6, 6.07) is 0. The molecule has 2 aliphatic rings. The molecule has 0 spiro atoms. The van der Waals surface area contributed by atoms with Crippen molar-refractivity contribution < 1.29 is 0 Å². The van der Waals surface area contributed by atoms with Crippen LogP contribution in [0.3, 0.4) is 0 Å². The Morgan fingerprint density at radius 2 is 1.91 bits per heavy atom. The first-order valence-corrected chi connectivity index (χ1v) is 5.16. The zero-order valence-electron chi connectivity index (χ0n) is 6.55. The molecule has 1 saturated heterocycles. The second-order valence-corrected chi connectivity index (χ2v) is 4.09. The maximum atomic E-state index is 2.22. The van der Waals surface area contributed by atoms with Crippen LogP contribution >= 0.6 is 11.8 Å². The average Bonchev–Trinajstić information content (AvgIpc) is 2.58. The van der Waals surface area contributed by atoms with Crippen molar-refractivity contribution in [3.8, 4) is 0 Å². The Kier molecular flexibility index (Phi) is 2.18. The van der Waals surface area contributed by atoms with Gasteiger partial charge in [-0.1, -0.05) is 24.3 Å². The number of thioether (sulfide) groups is 1. The molecule has 0 aromatic rings. The highest BCUT2D eigenvalue weighted by molar-refractivity contribution is 8.03. The Morgan fingerprint density at radius 1 is 1.09 bits per heavy atom. The Balaban J connectivity index is 2.17. The van der Waals surface area contributed by atoms with Crippen molar-refractivity contribution in [2.45, 2.75) is 19.3 Å². The lowest BCUT2D eigenvalue weighted by molar-refractivity contribution is 0.798. The monoisotopic (exact) mass is 164 g/mol. The van der Waals surface area contributed by atoms with Gasteiger partial charge in [0.05, 0.1) is 0 Å². The van der Waals surface area contributed by atoms with Crippen molar-refractivity contribution in [3.05, 3.63) is 34.8 Å². The van der Waals surface area contributed by atoms with E-state index in [0.29, 0.717) is 0 Å². The van der Waals surface area contributed by atoms with E-state index in [-0.39, 0.29) is 0 Å². The van der Waals surface area contributed by atoms with Gasteiger partial charge in [0.25, 0.3) is 0 Å². The summed E-state index contributed by atoms with van der Waals surface area (Å²) in [7, 11) is 0. The van der Waals surface area contributed by atoms with Gasteiger partial charge >= 0.3 is 0 Å². The molecule has 1 heteroatoms. The van der Waals surface area contributed by atoms with Crippen LogP contribution < -0.4 is 0 Å². The van der Waals surface area contributed by atoms with Crippen molar-refractivity contribution in [2.24, 2.45) is 0 Å². The highest BCUT2D eigenvalue weighted by Gasteiger charge is 2.09. The van der Waals surface area contributed by atoms with Crippen LogP contribution in [-0.2, 0) is 0 Å². The predicted molar refractivity (Wildman–Crippen MR) is 51.6 cm³/mol. The molecule has 0 unspecified atom stereocenters. The molecular weight excluding hydrogens is 152 g/mol. The fraction of sp³-hybridized carbons (Fsp3) is 0.400. The first kappa shape index (κ1) is 7.23. The van der Waals surface area contributed by atoms with E-state index in [1.165, 1.54) is 30.6 Å². The summed E-state index contributed by atoms with van der Waals surface area (Å²) in [4.78, 5) is 1.60. The number of hydrogen-bond acceptors (Lipinski definition) is 1. The molecule has 1 heterocycles. The molecule has 1 fully saturated rings. The maximum absolute atomic E-state index is 2.22. The van der Waals surface area contributed by atoms with Gasteiger partial charge in [0, 0.05) is 0 Å². The van der Waals surface area contributed by atoms with Crippen LogP contribution in [0.1, 0.15) is 19.3 Å². The molecule has 0 aromatic heterocycles. The first-order valence-electron chi connectivity index (χ1n) is 4.17. The molecule has 0 saturated carbocycles. The Morgan fingerprint density at radius 3 is 2.55 bits per heavy atom. The average molecular weight is 164 g/mol. The van der Waals surface area contributed by atoms with E-state index >= 15 is 0 Å². The zero-order chi connectivity index (χ0) is 7.52. The topological polar surface area (TPSA) is 0 Å². The van der Waals surface area contributed by atoms with Crippen LogP contribution in [0.15, 0.2) is 34.8 Å². The lowest BCUT2D eigenvalue weighted by Gasteiger charge is -2.14. The summed E-state index contributed by atoms with van der Waals surface area (Å²) in [6.45, 7) is 0. The van der Waals surface area contributed by atoms with Crippen LogP contribution in [0.25, 0.3) is 0 Å². The summed E-state index contributed by atoms with van der Waals surface area (Å²) < 4.78 is 0. The molecule has 58 valence electrons. The van der Waals surface area contributed by atoms with Crippen molar-refractivity contribution in [1.29, 1.82) is 0 Å². The summed E-state index contributed by atoms with van der Waals surface area (Å²) in [6.07, 6.45) is 12.8. The molecule has 0 amide bonds. The quantitative estimate of drug-likeness (QED) is 0.529. The molecule has 2 rings (SSSR count). The molecule has 0 aromatic carbocycles. The fourth-order valence-corrected chi connectivity index (χ4v) is 2.63. The van der Waals surface area contributed by atoms with Gasteiger partial charge in [-0.2, -0.15) is 0 Å². The van der Waals surface area contributed by atoms with Crippen LogP contribution in [0.5, 0.6) is 0 Å². The van der Waals surface area contributed by atoms with E-state index in [9.17, 15) is 0 Å². The molecular formula is C10H12S. The van der Waals surface area contributed by atoms with E-state index in [1.54, 1.807) is 4.91 Å². The van der Waals surface area contributed by atoms with Crippen molar-refractivity contribution in [2.75, 3.05) is 5.75 Å². The van der Waals surface area contributed by atoms with Gasteiger partial charge in [0.15, 0.2) is 0 Å². The third-order valence-corrected chi connectivity index (χ3v) is 3.34. The minimum atomic E-state index is 1.30. The van der Waals surface area contributed by atoms with Crippen molar-refractivity contribution >= 4 is 11.8 Å². The van der Waals surface area contributed by atoms with Gasteiger partial charge in [-0.3, -0.25) is 0 Å². The Labute approximate surface area is 72.1 Å². The summed E-state index contributed by atoms with van der Waals surface area (Å²) >= 11 is 2.04. The van der Waals surface area contributed by atoms with Gasteiger partial charge in [-0.15, -0.1) is 11.8 Å². The van der Waals surface area contributed by atoms with Crippen molar-refractivity contribution in [3.63, 3.8) is 0 Å². The van der Waals surface area contributed by atoms with Crippen LogP contribution in [-0.4, -0.2) is 5.75 Å². The first-order chi connectivity index (χ1) is 5.47. The minimum absolute atomic E-state index is 1.30. The molecule has 0 radical (unpaired) electrons. The third kappa shape index (κ3) is 1.59. The number of allylic oxidation sites excluding steroid dienone is 6. The lowest BCUT2D eigenvalue weighted by Crippen LogP contribution is -1.93. The summed E-state index contributed by atoms with van der Waals surface area (Å²) in [5.41, 5.74) is 1.45. The van der Waals surface area contributed by atoms with Gasteiger partial charge in [-0.05, 0) is 35.5 Å². The molecule has 1 aliphatic heterocycles. The van der Waals surface area contributed by atoms with Crippen LogP contribution in [0.2, 0.25) is 0 Å². The SMILES string of the molecule is C1=CC(=C2CCCCS2)C=C1. The zero-order valence-corrected chi connectivity index (χ0v) is 7.36. The Hall–Kier alpha value is -0.430. The number of hydrogen-bond donors (Lipinski definition) is 0. The Bertz CT molecular complexity index is 211. The van der Waals surface area contributed by atoms with E-state index in [4.69, 9.17) is 0 Å². The lowest BCUT2D eigenvalue weighted by atomic mass is 10.1. The van der Waals surface area contributed by atoms with Gasteiger partial charge in [0.2, 0.25) is 0 Å². The maximum Gasteiger partial charge on any atom is -0.00229 e. The second kappa shape index (κ2) is 3.31. The smallest absolute Gasteiger partial charge is 0.00229 e. The fourth-order valence-electron chi connectivity index (χ4n) is 1.44. The second-order valence-electron chi connectivity index (χ2n) is 2.90. The normalized spacial score (nSPS) is 23.3. The van der Waals surface area contributed by atoms with E-state index in [0.717, 1.165) is 0 Å². The van der Waals surface area contributed by atoms with E-state index < -0.39 is 0 Å². The molecule has 0 N–H and O–H groups in total. The third-order valence-electron chi connectivity index (χ3n) is 2.06. The van der Waals surface area contributed by atoms with E-state index in [2.05, 4.69) is 24.3 Å². The summed E-state index contributed by atoms with van der Waals surface area (Å²) in [5.74, 6) is 1.32. The standard InChI is InChI=1S/C10H12S/c1-2-6-9(5-1)10-7-3-4-8-11-10/h1-2,5-6H,3-4,7-8H2.